The van der Waals surface area contributed by atoms with E-state index in [0.717, 1.165) is 42.8 Å². The van der Waals surface area contributed by atoms with Crippen LogP contribution in [0.5, 0.6) is 0 Å². The fourth-order valence-electron chi connectivity index (χ4n) is 2.93. The van der Waals surface area contributed by atoms with Crippen LogP contribution in [0.15, 0.2) is 28.0 Å². The van der Waals surface area contributed by atoms with Crippen molar-refractivity contribution >= 4 is 17.4 Å². The molecule has 1 aliphatic heterocycles. The van der Waals surface area contributed by atoms with Crippen LogP contribution in [0.1, 0.15) is 51.9 Å². The molecule has 0 saturated heterocycles. The third-order valence-corrected chi connectivity index (χ3v) is 4.85. The maximum absolute atomic E-state index is 6.15. The van der Waals surface area contributed by atoms with Crippen LogP contribution < -0.4 is 16.4 Å². The highest BCUT2D eigenvalue weighted by atomic mass is 35.5. The number of hydrogen-bond acceptors (Lipinski definition) is 4. The predicted octanol–water partition coefficient (Wildman–Crippen LogP) is 3.25. The number of halogens is 1. The molecule has 0 aromatic heterocycles. The molecule has 0 spiro atoms. The lowest BCUT2D eigenvalue weighted by molar-refractivity contribution is 0.372. The zero-order valence-electron chi connectivity index (χ0n) is 13.6. The smallest absolute Gasteiger partial charge is 0.126 e. The van der Waals surface area contributed by atoms with Gasteiger partial charge in [0, 0.05) is 17.6 Å². The molecule has 1 saturated carbocycles. The largest absolute Gasteiger partial charge is 0.384 e. The number of amidine groups is 1. The summed E-state index contributed by atoms with van der Waals surface area (Å²) in [5.74, 6) is 1.62. The monoisotopic (exact) mass is 324 g/mol. The van der Waals surface area contributed by atoms with Crippen molar-refractivity contribution < 1.29 is 0 Å². The van der Waals surface area contributed by atoms with Crippen LogP contribution in [-0.4, -0.2) is 25.0 Å². The van der Waals surface area contributed by atoms with E-state index in [1.54, 1.807) is 6.08 Å². The first-order valence-corrected chi connectivity index (χ1v) is 8.91. The molecule has 1 aliphatic carbocycles. The van der Waals surface area contributed by atoms with E-state index in [0.29, 0.717) is 11.8 Å². The van der Waals surface area contributed by atoms with Gasteiger partial charge in [-0.1, -0.05) is 37.8 Å². The van der Waals surface area contributed by atoms with Gasteiger partial charge in [-0.3, -0.25) is 0 Å². The molecule has 1 fully saturated rings. The van der Waals surface area contributed by atoms with E-state index in [9.17, 15) is 0 Å². The van der Waals surface area contributed by atoms with Gasteiger partial charge in [0.05, 0.1) is 0 Å². The number of hydrogen-bond donors (Lipinski definition) is 3. The van der Waals surface area contributed by atoms with E-state index in [1.165, 1.54) is 32.1 Å². The SMILES string of the molecule is CC1C/C=C(NCCCNC2CCCCC2)/N=C(N)\C=C/1Cl. The molecule has 2 rings (SSSR count). The molecule has 4 nitrogen and oxygen atoms in total. The minimum Gasteiger partial charge on any atom is -0.384 e. The molecule has 4 N–H and O–H groups in total. The van der Waals surface area contributed by atoms with Crippen LogP contribution in [-0.2, 0) is 0 Å². The van der Waals surface area contributed by atoms with Crippen molar-refractivity contribution in [2.24, 2.45) is 16.6 Å². The van der Waals surface area contributed by atoms with Gasteiger partial charge < -0.3 is 16.4 Å². The molecule has 0 radical (unpaired) electrons. The van der Waals surface area contributed by atoms with E-state index in [2.05, 4.69) is 28.6 Å². The first kappa shape index (κ1) is 17.4. The van der Waals surface area contributed by atoms with E-state index < -0.39 is 0 Å². The van der Waals surface area contributed by atoms with E-state index >= 15 is 0 Å². The zero-order valence-corrected chi connectivity index (χ0v) is 14.3. The zero-order chi connectivity index (χ0) is 15.8. The lowest BCUT2D eigenvalue weighted by atomic mass is 9.95. The average Bonchev–Trinajstić information content (AvgIpc) is 2.51. The molecular formula is C17H29ClN4. The number of nitrogens with two attached hydrogens (primary N) is 1. The van der Waals surface area contributed by atoms with Gasteiger partial charge in [-0.2, -0.15) is 0 Å². The summed E-state index contributed by atoms with van der Waals surface area (Å²) in [6.45, 7) is 4.07. The summed E-state index contributed by atoms with van der Waals surface area (Å²) in [6, 6.07) is 0.733. The van der Waals surface area contributed by atoms with Crippen LogP contribution in [0.3, 0.4) is 0 Å². The van der Waals surface area contributed by atoms with Gasteiger partial charge in [-0.15, -0.1) is 0 Å². The average molecular weight is 325 g/mol. The van der Waals surface area contributed by atoms with Crippen LogP contribution in [0.25, 0.3) is 0 Å². The van der Waals surface area contributed by atoms with Crippen molar-refractivity contribution in [3.05, 3.63) is 23.0 Å². The quantitative estimate of drug-likeness (QED) is 0.657. The molecule has 5 heteroatoms. The second-order valence-corrected chi connectivity index (χ2v) is 6.80. The van der Waals surface area contributed by atoms with Gasteiger partial charge >= 0.3 is 0 Å². The molecular weight excluding hydrogens is 296 g/mol. The summed E-state index contributed by atoms with van der Waals surface area (Å²) in [4.78, 5) is 4.37. The van der Waals surface area contributed by atoms with Crippen molar-refractivity contribution in [2.75, 3.05) is 13.1 Å². The lowest BCUT2D eigenvalue weighted by Crippen LogP contribution is -2.33. The van der Waals surface area contributed by atoms with E-state index in [4.69, 9.17) is 17.3 Å². The Labute approximate surface area is 139 Å². The van der Waals surface area contributed by atoms with Gasteiger partial charge in [0.25, 0.3) is 0 Å². The Morgan fingerprint density at radius 2 is 2.05 bits per heavy atom. The fraction of sp³-hybridized carbons (Fsp3) is 0.706. The van der Waals surface area contributed by atoms with Crippen LogP contribution in [0, 0.1) is 5.92 Å². The van der Waals surface area contributed by atoms with Crippen molar-refractivity contribution in [3.63, 3.8) is 0 Å². The third-order valence-electron chi connectivity index (χ3n) is 4.37. The molecule has 0 amide bonds. The Balaban J connectivity index is 1.68. The normalized spacial score (nSPS) is 31.0. The van der Waals surface area contributed by atoms with Gasteiger partial charge in [0.2, 0.25) is 0 Å². The Kier molecular flexibility index (Phi) is 7.26. The molecule has 1 atom stereocenters. The van der Waals surface area contributed by atoms with Crippen LogP contribution in [0.4, 0.5) is 0 Å². The minimum absolute atomic E-state index is 0.292. The van der Waals surface area contributed by atoms with E-state index in [1.807, 2.05) is 0 Å². The van der Waals surface area contributed by atoms with Crippen molar-refractivity contribution in [2.45, 2.75) is 57.9 Å². The lowest BCUT2D eigenvalue weighted by Gasteiger charge is -2.22. The van der Waals surface area contributed by atoms with Crippen molar-refractivity contribution in [1.29, 1.82) is 0 Å². The van der Waals surface area contributed by atoms with Gasteiger partial charge in [0.1, 0.15) is 11.7 Å². The van der Waals surface area contributed by atoms with Crippen molar-refractivity contribution in [3.8, 4) is 0 Å². The maximum Gasteiger partial charge on any atom is 0.126 e. The first-order valence-electron chi connectivity index (χ1n) is 8.54. The molecule has 0 aromatic carbocycles. The summed E-state index contributed by atoms with van der Waals surface area (Å²) in [5.41, 5.74) is 5.87. The number of nitrogens with one attached hydrogen (secondary N) is 2. The minimum atomic E-state index is 0.292. The molecule has 1 heterocycles. The molecule has 2 aliphatic rings. The Hall–Kier alpha value is -1.00. The summed E-state index contributed by atoms with van der Waals surface area (Å²) < 4.78 is 0. The highest BCUT2D eigenvalue weighted by Gasteiger charge is 2.12. The molecule has 22 heavy (non-hydrogen) atoms. The van der Waals surface area contributed by atoms with Gasteiger partial charge in [0.15, 0.2) is 0 Å². The molecule has 0 bridgehead atoms. The predicted molar refractivity (Wildman–Crippen MR) is 94.9 cm³/mol. The molecule has 0 aromatic rings. The second-order valence-electron chi connectivity index (χ2n) is 6.36. The van der Waals surface area contributed by atoms with Crippen LogP contribution in [0.2, 0.25) is 0 Å². The number of allylic oxidation sites excluding steroid dienone is 2. The highest BCUT2D eigenvalue weighted by molar-refractivity contribution is 6.31. The molecule has 124 valence electrons. The standard InChI is InChI=1S/C17H29ClN4/c1-13-8-9-17(22-16(19)12-15(13)18)21-11-5-10-20-14-6-3-2-4-7-14/h9,12-14,20-21H,2-8,10-11H2,1H3,(H2,19,22)/b15-12+,17-9+. The Morgan fingerprint density at radius 1 is 1.27 bits per heavy atom. The number of aliphatic imine (C=N–C) groups is 1. The summed E-state index contributed by atoms with van der Waals surface area (Å²) in [6.07, 6.45) is 12.7. The van der Waals surface area contributed by atoms with Crippen LogP contribution >= 0.6 is 11.6 Å². The summed E-state index contributed by atoms with van der Waals surface area (Å²) >= 11 is 6.15. The first-order chi connectivity index (χ1) is 10.6. The fourth-order valence-corrected chi connectivity index (χ4v) is 3.13. The maximum atomic E-state index is 6.15. The topological polar surface area (TPSA) is 62.4 Å². The Bertz CT molecular complexity index is 436. The summed E-state index contributed by atoms with van der Waals surface area (Å²) in [5, 5.41) is 7.80. The Morgan fingerprint density at radius 3 is 2.82 bits per heavy atom. The van der Waals surface area contributed by atoms with Crippen molar-refractivity contribution in [1.82, 2.24) is 10.6 Å². The van der Waals surface area contributed by atoms with Gasteiger partial charge in [-0.25, -0.2) is 4.99 Å². The third kappa shape index (κ3) is 6.01. The number of rotatable bonds is 6. The molecule has 1 unspecified atom stereocenters. The van der Waals surface area contributed by atoms with Gasteiger partial charge in [-0.05, 0) is 50.3 Å². The summed E-state index contributed by atoms with van der Waals surface area (Å²) in [7, 11) is 0. The van der Waals surface area contributed by atoms with E-state index in [-0.39, 0.29) is 0 Å². The highest BCUT2D eigenvalue weighted by Crippen LogP contribution is 2.21. The number of nitrogens with zero attached hydrogens (tertiary/aromatic N) is 1. The second kappa shape index (κ2) is 9.21.